The number of rotatable bonds is 10. The van der Waals surface area contributed by atoms with Gasteiger partial charge in [-0.3, -0.25) is 9.89 Å². The lowest BCUT2D eigenvalue weighted by Gasteiger charge is -2.30. The molecule has 0 aliphatic carbocycles. The van der Waals surface area contributed by atoms with Gasteiger partial charge < -0.3 is 10.6 Å². The maximum atomic E-state index is 4.33. The molecule has 0 atom stereocenters. The maximum Gasteiger partial charge on any atom is 0.191 e. The van der Waals surface area contributed by atoms with Crippen molar-refractivity contribution >= 4 is 5.96 Å². The predicted octanol–water partition coefficient (Wildman–Crippen LogP) is 2.50. The number of hydrogen-bond donors (Lipinski definition) is 2. The minimum atomic E-state index is 0.572. The molecule has 0 spiro atoms. The smallest absolute Gasteiger partial charge is 0.191 e. The van der Waals surface area contributed by atoms with Crippen molar-refractivity contribution in [1.82, 2.24) is 30.3 Å². The number of aromatic nitrogens is 3. The first-order chi connectivity index (χ1) is 13.5. The second-order valence-corrected chi connectivity index (χ2v) is 7.54. The Morgan fingerprint density at radius 1 is 1.14 bits per heavy atom. The Morgan fingerprint density at radius 3 is 2.54 bits per heavy atom. The Balaban J connectivity index is 1.76. The predicted molar refractivity (Wildman–Crippen MR) is 115 cm³/mol. The van der Waals surface area contributed by atoms with Crippen LogP contribution in [0.2, 0.25) is 0 Å². The van der Waals surface area contributed by atoms with E-state index in [-0.39, 0.29) is 0 Å². The molecule has 1 aromatic carbocycles. The van der Waals surface area contributed by atoms with Crippen LogP contribution in [-0.4, -0.2) is 57.8 Å². The molecule has 0 bridgehead atoms. The van der Waals surface area contributed by atoms with Crippen molar-refractivity contribution in [3.05, 3.63) is 48.0 Å². The first-order valence-corrected chi connectivity index (χ1v) is 10.1. The van der Waals surface area contributed by atoms with Gasteiger partial charge in [0.05, 0.1) is 6.54 Å². The van der Waals surface area contributed by atoms with Crippen LogP contribution in [0, 0.1) is 0 Å². The molecule has 154 valence electrons. The van der Waals surface area contributed by atoms with Crippen LogP contribution >= 0.6 is 0 Å². The third-order valence-electron chi connectivity index (χ3n) is 4.70. The standard InChI is InChI=1S/C21H35N7/c1-17(2)28(18(3)4)11-7-10-24-21(22-5)25-13-19-8-6-9-20(12-19)14-27-16-23-15-26-27/h6,8-9,12,15-18H,7,10-11,13-14H2,1-5H3,(H2,22,24,25). The van der Waals surface area contributed by atoms with Crippen molar-refractivity contribution in [2.75, 3.05) is 20.1 Å². The van der Waals surface area contributed by atoms with Gasteiger partial charge in [0.25, 0.3) is 0 Å². The number of aliphatic imine (C=N–C) groups is 1. The summed E-state index contributed by atoms with van der Waals surface area (Å²) in [5, 5.41) is 11.0. The Kier molecular flexibility index (Phi) is 8.94. The van der Waals surface area contributed by atoms with Crippen LogP contribution in [0.25, 0.3) is 0 Å². The van der Waals surface area contributed by atoms with Gasteiger partial charge in [-0.05, 0) is 45.2 Å². The average Bonchev–Trinajstić information content (AvgIpc) is 3.16. The van der Waals surface area contributed by atoms with E-state index in [1.165, 1.54) is 11.1 Å². The van der Waals surface area contributed by atoms with Crippen LogP contribution in [0.5, 0.6) is 0 Å². The zero-order valence-corrected chi connectivity index (χ0v) is 17.9. The molecule has 0 saturated heterocycles. The van der Waals surface area contributed by atoms with Crippen LogP contribution in [0.1, 0.15) is 45.2 Å². The Bertz CT molecular complexity index is 699. The molecule has 0 fully saturated rings. The molecule has 0 unspecified atom stereocenters. The molecule has 1 aromatic heterocycles. The van der Waals surface area contributed by atoms with Gasteiger partial charge in [-0.1, -0.05) is 24.3 Å². The molecule has 28 heavy (non-hydrogen) atoms. The summed E-state index contributed by atoms with van der Waals surface area (Å²) in [7, 11) is 1.81. The summed E-state index contributed by atoms with van der Waals surface area (Å²) < 4.78 is 1.82. The van der Waals surface area contributed by atoms with E-state index in [4.69, 9.17) is 0 Å². The molecule has 2 N–H and O–H groups in total. The summed E-state index contributed by atoms with van der Waals surface area (Å²) in [6, 6.07) is 9.63. The fraction of sp³-hybridized carbons (Fsp3) is 0.571. The average molecular weight is 386 g/mol. The van der Waals surface area contributed by atoms with E-state index in [0.29, 0.717) is 12.1 Å². The zero-order valence-electron chi connectivity index (χ0n) is 17.9. The topological polar surface area (TPSA) is 70.4 Å². The fourth-order valence-electron chi connectivity index (χ4n) is 3.33. The summed E-state index contributed by atoms with van der Waals surface area (Å²) in [6.07, 6.45) is 4.38. The Labute approximate surface area is 169 Å². The molecule has 7 nitrogen and oxygen atoms in total. The minimum absolute atomic E-state index is 0.572. The van der Waals surface area contributed by atoms with Gasteiger partial charge in [0.2, 0.25) is 0 Å². The van der Waals surface area contributed by atoms with E-state index >= 15 is 0 Å². The molecular formula is C21H35N7. The highest BCUT2D eigenvalue weighted by molar-refractivity contribution is 5.79. The third-order valence-corrected chi connectivity index (χ3v) is 4.70. The van der Waals surface area contributed by atoms with E-state index in [1.807, 2.05) is 11.7 Å². The highest BCUT2D eigenvalue weighted by Gasteiger charge is 2.12. The Hall–Kier alpha value is -2.41. The summed E-state index contributed by atoms with van der Waals surface area (Å²) in [5.41, 5.74) is 2.42. The summed E-state index contributed by atoms with van der Waals surface area (Å²) in [4.78, 5) is 10.8. The first-order valence-electron chi connectivity index (χ1n) is 10.1. The zero-order chi connectivity index (χ0) is 20.4. The lowest BCUT2D eigenvalue weighted by atomic mass is 10.1. The molecule has 0 amide bonds. The van der Waals surface area contributed by atoms with E-state index in [0.717, 1.165) is 38.6 Å². The van der Waals surface area contributed by atoms with Crippen LogP contribution in [-0.2, 0) is 13.1 Å². The molecule has 0 aliphatic rings. The molecule has 0 radical (unpaired) electrons. The van der Waals surface area contributed by atoms with Crippen LogP contribution in [0.15, 0.2) is 41.9 Å². The highest BCUT2D eigenvalue weighted by Crippen LogP contribution is 2.07. The normalized spacial score (nSPS) is 12.2. The van der Waals surface area contributed by atoms with E-state index in [1.54, 1.807) is 12.7 Å². The van der Waals surface area contributed by atoms with Crippen molar-refractivity contribution in [2.24, 2.45) is 4.99 Å². The molecule has 2 aromatic rings. The summed E-state index contributed by atoms with van der Waals surface area (Å²) >= 11 is 0. The quantitative estimate of drug-likeness (QED) is 0.374. The maximum absolute atomic E-state index is 4.33. The van der Waals surface area contributed by atoms with Gasteiger partial charge in [0.1, 0.15) is 12.7 Å². The molecule has 0 saturated carbocycles. The van der Waals surface area contributed by atoms with Crippen molar-refractivity contribution < 1.29 is 0 Å². The van der Waals surface area contributed by atoms with Gasteiger partial charge in [-0.15, -0.1) is 0 Å². The SMILES string of the molecule is CN=C(NCCCN(C(C)C)C(C)C)NCc1cccc(Cn2cncn2)c1. The van der Waals surface area contributed by atoms with Crippen LogP contribution in [0.4, 0.5) is 0 Å². The van der Waals surface area contributed by atoms with Crippen molar-refractivity contribution in [2.45, 2.75) is 59.3 Å². The van der Waals surface area contributed by atoms with Crippen molar-refractivity contribution in [3.8, 4) is 0 Å². The Morgan fingerprint density at radius 2 is 1.89 bits per heavy atom. The number of benzene rings is 1. The number of nitrogens with zero attached hydrogens (tertiary/aromatic N) is 5. The second-order valence-electron chi connectivity index (χ2n) is 7.54. The molecule has 0 aliphatic heterocycles. The van der Waals surface area contributed by atoms with Crippen molar-refractivity contribution in [3.63, 3.8) is 0 Å². The fourth-order valence-corrected chi connectivity index (χ4v) is 3.33. The molecular weight excluding hydrogens is 350 g/mol. The van der Waals surface area contributed by atoms with E-state index in [2.05, 4.69) is 82.6 Å². The lowest BCUT2D eigenvalue weighted by Crippen LogP contribution is -2.41. The van der Waals surface area contributed by atoms with Crippen molar-refractivity contribution in [1.29, 1.82) is 0 Å². The number of nitrogens with one attached hydrogen (secondary N) is 2. The van der Waals surface area contributed by atoms with Gasteiger partial charge in [-0.25, -0.2) is 9.67 Å². The van der Waals surface area contributed by atoms with Crippen LogP contribution < -0.4 is 10.6 Å². The highest BCUT2D eigenvalue weighted by atomic mass is 15.3. The minimum Gasteiger partial charge on any atom is -0.356 e. The lowest BCUT2D eigenvalue weighted by molar-refractivity contribution is 0.173. The summed E-state index contributed by atoms with van der Waals surface area (Å²) in [5.74, 6) is 0.835. The number of guanidine groups is 1. The van der Waals surface area contributed by atoms with E-state index in [9.17, 15) is 0 Å². The number of hydrogen-bond acceptors (Lipinski definition) is 4. The monoisotopic (exact) mass is 385 g/mol. The first kappa shape index (κ1) is 21.9. The second kappa shape index (κ2) is 11.4. The summed E-state index contributed by atoms with van der Waals surface area (Å²) in [6.45, 7) is 12.5. The van der Waals surface area contributed by atoms with Gasteiger partial charge in [0, 0.05) is 38.8 Å². The van der Waals surface area contributed by atoms with Gasteiger partial charge in [0.15, 0.2) is 5.96 Å². The van der Waals surface area contributed by atoms with Gasteiger partial charge in [-0.2, -0.15) is 5.10 Å². The largest absolute Gasteiger partial charge is 0.356 e. The third kappa shape index (κ3) is 7.31. The van der Waals surface area contributed by atoms with Crippen LogP contribution in [0.3, 0.4) is 0 Å². The molecule has 1 heterocycles. The van der Waals surface area contributed by atoms with Gasteiger partial charge >= 0.3 is 0 Å². The molecule has 7 heteroatoms. The van der Waals surface area contributed by atoms with E-state index < -0.39 is 0 Å². The molecule has 2 rings (SSSR count).